The highest BCUT2D eigenvalue weighted by atomic mass is 16.5. The van der Waals surface area contributed by atoms with Gasteiger partial charge in [-0.1, -0.05) is 18.2 Å². The molecule has 4 aromatic rings. The standard InChI is InChI=1S/C30H23NO7/c1-31-22-14-18(35-2)9-8-16(22)12-21(30(31)34)20-15-26(32)37-24-11-10-19-28(33)25(38-29(19)27(20)24)13-17-6-4-5-7-23(17)36-3/h4-14,20H,15H2,1-3H3. The predicted octanol–water partition coefficient (Wildman–Crippen LogP) is 4.61. The molecule has 2 aliphatic heterocycles. The minimum Gasteiger partial charge on any atom is -0.497 e. The van der Waals surface area contributed by atoms with Gasteiger partial charge >= 0.3 is 5.97 Å². The maximum Gasteiger partial charge on any atom is 0.312 e. The van der Waals surface area contributed by atoms with Gasteiger partial charge in [0, 0.05) is 35.7 Å². The van der Waals surface area contributed by atoms with Crippen molar-refractivity contribution in [3.8, 4) is 23.0 Å². The van der Waals surface area contributed by atoms with E-state index < -0.39 is 11.9 Å². The van der Waals surface area contributed by atoms with Crippen molar-refractivity contribution >= 4 is 28.7 Å². The lowest BCUT2D eigenvalue weighted by atomic mass is 9.84. The minimum atomic E-state index is -0.662. The second kappa shape index (κ2) is 8.92. The molecular formula is C30H23NO7. The summed E-state index contributed by atoms with van der Waals surface area (Å²) in [5.74, 6) is 0.479. The van der Waals surface area contributed by atoms with E-state index in [1.807, 2.05) is 30.3 Å². The van der Waals surface area contributed by atoms with Crippen molar-refractivity contribution < 1.29 is 28.5 Å². The van der Waals surface area contributed by atoms with Crippen LogP contribution in [0.1, 0.15) is 39.4 Å². The molecule has 0 aliphatic carbocycles. The summed E-state index contributed by atoms with van der Waals surface area (Å²) in [7, 11) is 4.80. The lowest BCUT2D eigenvalue weighted by Crippen LogP contribution is -2.29. The van der Waals surface area contributed by atoms with Gasteiger partial charge in [-0.3, -0.25) is 14.4 Å². The van der Waals surface area contributed by atoms with Gasteiger partial charge < -0.3 is 23.5 Å². The summed E-state index contributed by atoms with van der Waals surface area (Å²) in [6, 6.07) is 17.7. The highest BCUT2D eigenvalue weighted by molar-refractivity contribution is 6.15. The highest BCUT2D eigenvalue weighted by Gasteiger charge is 2.39. The Morgan fingerprint density at radius 3 is 2.55 bits per heavy atom. The number of carbonyl (C=O) groups excluding carboxylic acids is 2. The molecule has 3 aromatic carbocycles. The quantitative estimate of drug-likeness (QED) is 0.225. The fourth-order valence-electron chi connectivity index (χ4n) is 5.14. The number of ether oxygens (including phenoxy) is 4. The molecule has 0 N–H and O–H groups in total. The van der Waals surface area contributed by atoms with Crippen LogP contribution in [-0.2, 0) is 11.8 Å². The lowest BCUT2D eigenvalue weighted by Gasteiger charge is -2.26. The molecule has 190 valence electrons. The third-order valence-electron chi connectivity index (χ3n) is 7.04. The van der Waals surface area contributed by atoms with Gasteiger partial charge in [0.15, 0.2) is 5.76 Å². The molecule has 2 aliphatic rings. The Hall–Kier alpha value is -4.85. The summed E-state index contributed by atoms with van der Waals surface area (Å²) in [6.45, 7) is 0. The fourth-order valence-corrected chi connectivity index (χ4v) is 5.14. The summed E-state index contributed by atoms with van der Waals surface area (Å²) in [6.07, 6.45) is 1.56. The van der Waals surface area contributed by atoms with Crippen molar-refractivity contribution in [1.82, 2.24) is 4.57 Å². The Morgan fingerprint density at radius 2 is 1.76 bits per heavy atom. The van der Waals surface area contributed by atoms with Gasteiger partial charge in [-0.15, -0.1) is 0 Å². The van der Waals surface area contributed by atoms with Gasteiger partial charge in [0.05, 0.1) is 31.7 Å². The topological polar surface area (TPSA) is 93.1 Å². The second-order valence-corrected chi connectivity index (χ2v) is 9.16. The smallest absolute Gasteiger partial charge is 0.312 e. The van der Waals surface area contributed by atoms with E-state index >= 15 is 0 Å². The molecule has 0 fully saturated rings. The average Bonchev–Trinajstić information content (AvgIpc) is 3.25. The maximum absolute atomic E-state index is 13.6. The number of aryl methyl sites for hydroxylation is 1. The van der Waals surface area contributed by atoms with Crippen LogP contribution in [0.2, 0.25) is 0 Å². The van der Waals surface area contributed by atoms with Gasteiger partial charge in [0.1, 0.15) is 23.0 Å². The first-order valence-corrected chi connectivity index (χ1v) is 12.0. The average molecular weight is 510 g/mol. The summed E-state index contributed by atoms with van der Waals surface area (Å²) in [4.78, 5) is 39.5. The van der Waals surface area contributed by atoms with E-state index in [4.69, 9.17) is 18.9 Å². The predicted molar refractivity (Wildman–Crippen MR) is 140 cm³/mol. The zero-order valence-electron chi connectivity index (χ0n) is 20.9. The normalized spacial score (nSPS) is 17.1. The van der Waals surface area contributed by atoms with Crippen LogP contribution in [0, 0.1) is 0 Å². The van der Waals surface area contributed by atoms with E-state index in [0.717, 1.165) is 5.39 Å². The maximum atomic E-state index is 13.6. The van der Waals surface area contributed by atoms with Gasteiger partial charge in [0.25, 0.3) is 5.56 Å². The van der Waals surface area contributed by atoms with Crippen molar-refractivity contribution in [2.24, 2.45) is 7.05 Å². The number of pyridine rings is 1. The first-order valence-electron chi connectivity index (χ1n) is 12.0. The number of Topliss-reactive ketones (excluding diaryl/α,β-unsaturated/α-hetero) is 1. The van der Waals surface area contributed by atoms with E-state index in [1.54, 1.807) is 57.7 Å². The van der Waals surface area contributed by atoms with E-state index in [-0.39, 0.29) is 29.3 Å². The summed E-state index contributed by atoms with van der Waals surface area (Å²) in [5, 5.41) is 0.810. The SMILES string of the molecule is COc1ccc2cc(C3CC(=O)Oc4ccc5c(c43)OC(=Cc3ccccc3OC)C5=O)c(=O)n(C)c2c1. The second-order valence-electron chi connectivity index (χ2n) is 9.16. The van der Waals surface area contributed by atoms with Crippen molar-refractivity contribution in [2.45, 2.75) is 12.3 Å². The number of aromatic nitrogens is 1. The van der Waals surface area contributed by atoms with Crippen LogP contribution in [0.5, 0.6) is 23.0 Å². The molecule has 8 nitrogen and oxygen atoms in total. The zero-order valence-corrected chi connectivity index (χ0v) is 20.9. The number of rotatable bonds is 4. The molecule has 0 saturated heterocycles. The summed E-state index contributed by atoms with van der Waals surface area (Å²) < 4.78 is 23.9. The number of hydrogen-bond donors (Lipinski definition) is 0. The molecule has 0 bridgehead atoms. The van der Waals surface area contributed by atoms with Crippen LogP contribution in [0.3, 0.4) is 0 Å². The van der Waals surface area contributed by atoms with Gasteiger partial charge in [-0.25, -0.2) is 0 Å². The van der Waals surface area contributed by atoms with Crippen molar-refractivity contribution in [2.75, 3.05) is 14.2 Å². The molecule has 8 heteroatoms. The Bertz CT molecular complexity index is 1750. The fraction of sp³-hybridized carbons (Fsp3) is 0.167. The minimum absolute atomic E-state index is 0.0660. The summed E-state index contributed by atoms with van der Waals surface area (Å²) in [5.41, 5.74) is 2.38. The molecule has 0 spiro atoms. The number of ketones is 1. The number of methoxy groups -OCH3 is 2. The number of hydrogen-bond acceptors (Lipinski definition) is 7. The number of nitrogens with zero attached hydrogens (tertiary/aromatic N) is 1. The van der Waals surface area contributed by atoms with Gasteiger partial charge in [-0.2, -0.15) is 0 Å². The molecular weight excluding hydrogens is 486 g/mol. The zero-order chi connectivity index (χ0) is 26.6. The lowest BCUT2D eigenvalue weighted by molar-refractivity contribution is -0.135. The first kappa shape index (κ1) is 23.5. The van der Waals surface area contributed by atoms with Crippen LogP contribution in [0.4, 0.5) is 0 Å². The number of para-hydroxylation sites is 1. The van der Waals surface area contributed by atoms with Crippen molar-refractivity contribution in [3.05, 3.63) is 99.0 Å². The third-order valence-corrected chi connectivity index (χ3v) is 7.04. The molecule has 0 amide bonds. The van der Waals surface area contributed by atoms with Crippen LogP contribution >= 0.6 is 0 Å². The Labute approximate surface area is 217 Å². The number of esters is 1. The summed E-state index contributed by atoms with van der Waals surface area (Å²) >= 11 is 0. The first-order chi connectivity index (χ1) is 18.4. The Kier molecular flexibility index (Phi) is 5.52. The van der Waals surface area contributed by atoms with E-state index in [9.17, 15) is 14.4 Å². The molecule has 1 aromatic heterocycles. The number of allylic oxidation sites excluding steroid dienone is 1. The van der Waals surface area contributed by atoms with Crippen molar-refractivity contribution in [3.63, 3.8) is 0 Å². The molecule has 38 heavy (non-hydrogen) atoms. The third kappa shape index (κ3) is 3.64. The van der Waals surface area contributed by atoms with Crippen molar-refractivity contribution in [1.29, 1.82) is 0 Å². The number of benzene rings is 3. The van der Waals surface area contributed by atoms with Gasteiger partial charge in [0.2, 0.25) is 5.78 Å². The molecule has 1 atom stereocenters. The number of fused-ring (bicyclic) bond motifs is 4. The molecule has 0 saturated carbocycles. The number of carbonyl (C=O) groups is 2. The molecule has 6 rings (SSSR count). The Morgan fingerprint density at radius 1 is 0.947 bits per heavy atom. The van der Waals surface area contributed by atoms with E-state index in [2.05, 4.69) is 0 Å². The van der Waals surface area contributed by atoms with Gasteiger partial charge in [-0.05, 0) is 47.9 Å². The van der Waals surface area contributed by atoms with Crippen LogP contribution in [-0.4, -0.2) is 30.5 Å². The van der Waals surface area contributed by atoms with E-state index in [1.165, 1.54) is 4.57 Å². The van der Waals surface area contributed by atoms with Crippen LogP contribution < -0.4 is 24.5 Å². The molecule has 0 radical (unpaired) electrons. The largest absolute Gasteiger partial charge is 0.497 e. The van der Waals surface area contributed by atoms with Crippen LogP contribution in [0.25, 0.3) is 17.0 Å². The Balaban J connectivity index is 1.51. The van der Waals surface area contributed by atoms with Crippen LogP contribution in [0.15, 0.2) is 71.2 Å². The molecule has 1 unspecified atom stereocenters. The molecule has 3 heterocycles. The monoisotopic (exact) mass is 509 g/mol. The van der Waals surface area contributed by atoms with E-state index in [0.29, 0.717) is 45.0 Å². The highest BCUT2D eigenvalue weighted by Crippen LogP contribution is 2.48.